The molecule has 0 radical (unpaired) electrons. The molecule has 0 unspecified atom stereocenters. The summed E-state index contributed by atoms with van der Waals surface area (Å²) in [5.41, 5.74) is 3.91. The lowest BCUT2D eigenvalue weighted by molar-refractivity contribution is 0.0378. The molecule has 0 N–H and O–H groups in total. The molecule has 0 aliphatic heterocycles. The molecule has 3 heteroatoms. The van der Waals surface area contributed by atoms with Gasteiger partial charge in [-0.15, -0.1) is 11.5 Å². The summed E-state index contributed by atoms with van der Waals surface area (Å²) < 4.78 is 5.44. The van der Waals surface area contributed by atoms with E-state index in [1.54, 1.807) is 18.2 Å². The molecule has 0 saturated carbocycles. The second kappa shape index (κ2) is 8.48. The van der Waals surface area contributed by atoms with Crippen LogP contribution in [0.15, 0.2) is 43.0 Å². The third kappa shape index (κ3) is 7.53. The highest BCUT2D eigenvalue weighted by Gasteiger charge is 2.12. The normalized spacial score (nSPS) is 12.0. The standard InChI is InChI=1S/C18H24O2Si/c1-5-17(14-10-7-11-15-21(2,3)4)20-18(19)16-12-8-6-9-13-16/h5-6,8-9,12-13,17H,1,7,10,14H2,2-4H3/t17-/m1/s1. The average Bonchev–Trinajstić information content (AvgIpc) is 2.45. The van der Waals surface area contributed by atoms with Crippen LogP contribution in [0.25, 0.3) is 0 Å². The van der Waals surface area contributed by atoms with E-state index in [9.17, 15) is 4.79 Å². The molecular weight excluding hydrogens is 276 g/mol. The lowest BCUT2D eigenvalue weighted by Crippen LogP contribution is -2.16. The lowest BCUT2D eigenvalue weighted by Gasteiger charge is -2.13. The van der Waals surface area contributed by atoms with Crippen LogP contribution in [0, 0.1) is 11.5 Å². The van der Waals surface area contributed by atoms with Gasteiger partial charge in [0.15, 0.2) is 0 Å². The minimum absolute atomic E-state index is 0.244. The third-order valence-corrected chi connectivity index (χ3v) is 3.71. The zero-order valence-corrected chi connectivity index (χ0v) is 14.2. The Morgan fingerprint density at radius 3 is 2.57 bits per heavy atom. The minimum atomic E-state index is -1.28. The summed E-state index contributed by atoms with van der Waals surface area (Å²) >= 11 is 0. The monoisotopic (exact) mass is 300 g/mol. The summed E-state index contributed by atoms with van der Waals surface area (Å²) in [6.45, 7) is 10.4. The smallest absolute Gasteiger partial charge is 0.338 e. The Morgan fingerprint density at radius 2 is 2.00 bits per heavy atom. The number of unbranched alkanes of at least 4 members (excludes halogenated alkanes) is 1. The van der Waals surface area contributed by atoms with E-state index in [1.165, 1.54) is 0 Å². The first-order valence-corrected chi connectivity index (χ1v) is 10.8. The van der Waals surface area contributed by atoms with Crippen molar-refractivity contribution < 1.29 is 9.53 Å². The van der Waals surface area contributed by atoms with E-state index in [1.807, 2.05) is 18.2 Å². The molecular formula is C18H24O2Si. The fourth-order valence-electron chi connectivity index (χ4n) is 1.72. The van der Waals surface area contributed by atoms with Crippen LogP contribution in [-0.4, -0.2) is 20.1 Å². The molecule has 0 heterocycles. The van der Waals surface area contributed by atoms with Crippen molar-refractivity contribution in [1.82, 2.24) is 0 Å². The topological polar surface area (TPSA) is 26.3 Å². The molecule has 0 aromatic heterocycles. The number of hydrogen-bond acceptors (Lipinski definition) is 2. The molecule has 112 valence electrons. The van der Waals surface area contributed by atoms with Gasteiger partial charge in [0.05, 0.1) is 5.56 Å². The predicted octanol–water partition coefficient (Wildman–Crippen LogP) is 4.45. The van der Waals surface area contributed by atoms with Crippen LogP contribution in [-0.2, 0) is 4.74 Å². The highest BCUT2D eigenvalue weighted by molar-refractivity contribution is 6.83. The van der Waals surface area contributed by atoms with Crippen molar-refractivity contribution in [2.45, 2.75) is 45.0 Å². The van der Waals surface area contributed by atoms with Gasteiger partial charge in [-0.05, 0) is 25.0 Å². The molecule has 0 bridgehead atoms. The van der Waals surface area contributed by atoms with Gasteiger partial charge in [-0.3, -0.25) is 0 Å². The van der Waals surface area contributed by atoms with Crippen molar-refractivity contribution in [2.75, 3.05) is 0 Å². The predicted molar refractivity (Wildman–Crippen MR) is 90.8 cm³/mol. The van der Waals surface area contributed by atoms with Crippen LogP contribution >= 0.6 is 0 Å². The van der Waals surface area contributed by atoms with E-state index in [2.05, 4.69) is 37.7 Å². The van der Waals surface area contributed by atoms with Gasteiger partial charge < -0.3 is 4.74 Å². The van der Waals surface area contributed by atoms with Crippen molar-refractivity contribution in [2.24, 2.45) is 0 Å². The number of esters is 1. The summed E-state index contributed by atoms with van der Waals surface area (Å²) in [5.74, 6) is 2.93. The van der Waals surface area contributed by atoms with Crippen LogP contribution in [0.4, 0.5) is 0 Å². The SMILES string of the molecule is C=C[C@H](CCCC#C[Si](C)(C)C)OC(=O)c1ccccc1. The zero-order chi connectivity index (χ0) is 15.7. The maximum atomic E-state index is 11.9. The largest absolute Gasteiger partial charge is 0.455 e. The molecule has 1 aromatic rings. The highest BCUT2D eigenvalue weighted by atomic mass is 28.3. The van der Waals surface area contributed by atoms with Crippen molar-refractivity contribution in [1.29, 1.82) is 0 Å². The Morgan fingerprint density at radius 1 is 1.33 bits per heavy atom. The molecule has 1 atom stereocenters. The van der Waals surface area contributed by atoms with Gasteiger partial charge in [0.2, 0.25) is 0 Å². The Kier molecular flexibility index (Phi) is 6.97. The van der Waals surface area contributed by atoms with Crippen molar-refractivity contribution in [3.05, 3.63) is 48.6 Å². The summed E-state index contributed by atoms with van der Waals surface area (Å²) in [5, 5.41) is 0. The summed E-state index contributed by atoms with van der Waals surface area (Å²) in [6, 6.07) is 9.03. The van der Waals surface area contributed by atoms with Crippen LogP contribution in [0.2, 0.25) is 19.6 Å². The Balaban J connectivity index is 2.40. The average molecular weight is 300 g/mol. The second-order valence-electron chi connectivity index (χ2n) is 5.99. The molecule has 1 aromatic carbocycles. The molecule has 1 rings (SSSR count). The van der Waals surface area contributed by atoms with Crippen molar-refractivity contribution >= 4 is 14.0 Å². The van der Waals surface area contributed by atoms with Gasteiger partial charge in [0.25, 0.3) is 0 Å². The maximum Gasteiger partial charge on any atom is 0.338 e. The van der Waals surface area contributed by atoms with Gasteiger partial charge >= 0.3 is 5.97 Å². The van der Waals surface area contributed by atoms with Crippen LogP contribution < -0.4 is 0 Å². The summed E-state index contributed by atoms with van der Waals surface area (Å²) in [4.78, 5) is 11.9. The van der Waals surface area contributed by atoms with E-state index < -0.39 is 8.07 Å². The molecule has 0 amide bonds. The summed E-state index contributed by atoms with van der Waals surface area (Å²) in [6.07, 6.45) is 3.97. The molecule has 0 fully saturated rings. The minimum Gasteiger partial charge on any atom is -0.455 e. The summed E-state index contributed by atoms with van der Waals surface area (Å²) in [7, 11) is -1.28. The fraction of sp³-hybridized carbons (Fsp3) is 0.389. The number of carbonyl (C=O) groups excluding carboxylic acids is 1. The Hall–Kier alpha value is -1.79. The van der Waals surface area contributed by atoms with Crippen LogP contribution in [0.5, 0.6) is 0 Å². The number of carbonyl (C=O) groups is 1. The lowest BCUT2D eigenvalue weighted by atomic mass is 10.1. The Bertz CT molecular complexity index is 518. The molecule has 0 aliphatic rings. The van der Waals surface area contributed by atoms with Gasteiger partial charge in [0.1, 0.15) is 14.2 Å². The van der Waals surface area contributed by atoms with Gasteiger partial charge in [-0.1, -0.05) is 50.5 Å². The van der Waals surface area contributed by atoms with Gasteiger partial charge in [-0.2, -0.15) is 0 Å². The van der Waals surface area contributed by atoms with E-state index in [0.29, 0.717) is 5.56 Å². The first kappa shape index (κ1) is 17.3. The number of hydrogen-bond donors (Lipinski definition) is 0. The maximum absolute atomic E-state index is 11.9. The number of benzene rings is 1. The van der Waals surface area contributed by atoms with Crippen molar-refractivity contribution in [3.63, 3.8) is 0 Å². The molecule has 0 saturated heterocycles. The highest BCUT2D eigenvalue weighted by Crippen LogP contribution is 2.10. The first-order valence-electron chi connectivity index (χ1n) is 7.31. The molecule has 21 heavy (non-hydrogen) atoms. The van der Waals surface area contributed by atoms with E-state index in [4.69, 9.17) is 4.74 Å². The van der Waals surface area contributed by atoms with Crippen LogP contribution in [0.3, 0.4) is 0 Å². The molecule has 0 aliphatic carbocycles. The van der Waals surface area contributed by atoms with E-state index in [-0.39, 0.29) is 12.1 Å². The third-order valence-electron chi connectivity index (χ3n) is 2.78. The first-order chi connectivity index (χ1) is 9.92. The second-order valence-corrected chi connectivity index (χ2v) is 10.7. The zero-order valence-electron chi connectivity index (χ0n) is 13.2. The number of ether oxygens (including phenoxy) is 1. The Labute approximate surface area is 129 Å². The molecule has 2 nitrogen and oxygen atoms in total. The van der Waals surface area contributed by atoms with Gasteiger partial charge in [-0.25, -0.2) is 4.79 Å². The van der Waals surface area contributed by atoms with E-state index >= 15 is 0 Å². The molecule has 0 spiro atoms. The quantitative estimate of drug-likeness (QED) is 0.255. The van der Waals surface area contributed by atoms with E-state index in [0.717, 1.165) is 19.3 Å². The number of rotatable bonds is 6. The van der Waals surface area contributed by atoms with Crippen molar-refractivity contribution in [3.8, 4) is 11.5 Å². The fourth-order valence-corrected chi connectivity index (χ4v) is 2.38. The van der Waals surface area contributed by atoms with Crippen LogP contribution in [0.1, 0.15) is 29.6 Å². The van der Waals surface area contributed by atoms with Gasteiger partial charge in [0, 0.05) is 6.42 Å².